The minimum Gasteiger partial charge on any atom is -0.335 e. The van der Waals surface area contributed by atoms with Gasteiger partial charge in [0.05, 0.1) is 12.6 Å². The lowest BCUT2D eigenvalue weighted by molar-refractivity contribution is -0.138. The fourth-order valence-electron chi connectivity index (χ4n) is 2.48. The van der Waals surface area contributed by atoms with Crippen LogP contribution in [0.5, 0.6) is 0 Å². The Morgan fingerprint density at radius 1 is 1.27 bits per heavy atom. The number of nitrogens with one attached hydrogen (secondary N) is 1. The number of rotatable bonds is 3. The van der Waals surface area contributed by atoms with Gasteiger partial charge in [-0.05, 0) is 17.7 Å². The normalized spacial score (nSPS) is 18.8. The Balaban J connectivity index is 1.57. The van der Waals surface area contributed by atoms with Crippen LogP contribution in [0.15, 0.2) is 30.3 Å². The topological polar surface area (TPSA) is 69.7 Å². The Morgan fingerprint density at radius 2 is 2.00 bits per heavy atom. The predicted octanol–water partition coefficient (Wildman–Crippen LogP) is 1.12. The van der Waals surface area contributed by atoms with Gasteiger partial charge in [0.15, 0.2) is 0 Å². The number of imide groups is 1. The summed E-state index contributed by atoms with van der Waals surface area (Å²) in [5.41, 5.74) is 0.767. The van der Waals surface area contributed by atoms with Crippen molar-refractivity contribution in [3.63, 3.8) is 0 Å². The van der Waals surface area contributed by atoms with Gasteiger partial charge in [-0.1, -0.05) is 29.8 Å². The molecule has 1 N–H and O–H groups in total. The van der Waals surface area contributed by atoms with Gasteiger partial charge in [-0.2, -0.15) is 0 Å². The second kappa shape index (κ2) is 5.81. The number of carbonyl (C=O) groups excluding carboxylic acids is 3. The van der Waals surface area contributed by atoms with E-state index in [9.17, 15) is 14.4 Å². The van der Waals surface area contributed by atoms with Gasteiger partial charge in [0.2, 0.25) is 11.8 Å². The maximum absolute atomic E-state index is 12.0. The molecule has 7 heteroatoms. The highest BCUT2D eigenvalue weighted by atomic mass is 35.5. The third kappa shape index (κ3) is 2.69. The molecular weight excluding hydrogens is 306 g/mol. The summed E-state index contributed by atoms with van der Waals surface area (Å²) in [4.78, 5) is 37.9. The molecule has 1 aromatic rings. The largest absolute Gasteiger partial charge is 0.335 e. The van der Waals surface area contributed by atoms with E-state index in [2.05, 4.69) is 5.32 Å². The van der Waals surface area contributed by atoms with Crippen LogP contribution in [0, 0.1) is 0 Å². The summed E-state index contributed by atoms with van der Waals surface area (Å²) in [6, 6.07) is 6.62. The van der Waals surface area contributed by atoms with Crippen molar-refractivity contribution in [2.75, 3.05) is 19.6 Å². The third-order valence-electron chi connectivity index (χ3n) is 3.73. The summed E-state index contributed by atoms with van der Waals surface area (Å²) >= 11 is 6.01. The van der Waals surface area contributed by atoms with Crippen molar-refractivity contribution in [1.29, 1.82) is 0 Å². The molecule has 6 nitrogen and oxygen atoms in total. The lowest BCUT2D eigenvalue weighted by Crippen LogP contribution is -2.62. The number of likely N-dealkylation sites (tertiary alicyclic amines) is 1. The zero-order valence-corrected chi connectivity index (χ0v) is 12.4. The van der Waals surface area contributed by atoms with Gasteiger partial charge in [-0.25, -0.2) is 4.79 Å². The first-order valence-corrected chi connectivity index (χ1v) is 7.25. The molecule has 2 saturated heterocycles. The molecule has 2 aliphatic rings. The van der Waals surface area contributed by atoms with E-state index >= 15 is 0 Å². The average molecular weight is 320 g/mol. The molecule has 0 radical (unpaired) electrons. The summed E-state index contributed by atoms with van der Waals surface area (Å²) in [6.07, 6.45) is 3.11. The standard InChI is InChI=1S/C15H14ClN3O3/c16-12-4-2-1-3-10(12)5-6-13(20)18-8-11(9-18)19-14(21)7-17-15(19)22/h1-6,11H,7-9H2,(H,17,22)/b6-5+. The second-order valence-electron chi connectivity index (χ2n) is 5.17. The van der Waals surface area contributed by atoms with E-state index in [1.807, 2.05) is 18.2 Å². The molecule has 3 rings (SSSR count). The minimum absolute atomic E-state index is 0.0374. The number of benzene rings is 1. The van der Waals surface area contributed by atoms with Gasteiger partial charge in [0.25, 0.3) is 0 Å². The lowest BCUT2D eigenvalue weighted by Gasteiger charge is -2.41. The SMILES string of the molecule is O=C(/C=C/c1ccccc1Cl)N1CC(N2C(=O)CNC2=O)C1. The number of urea groups is 1. The molecule has 2 fully saturated rings. The summed E-state index contributed by atoms with van der Waals surface area (Å²) in [6.45, 7) is 0.769. The van der Waals surface area contributed by atoms with Gasteiger partial charge < -0.3 is 10.2 Å². The summed E-state index contributed by atoms with van der Waals surface area (Å²) < 4.78 is 0. The van der Waals surface area contributed by atoms with Crippen molar-refractivity contribution in [2.45, 2.75) is 6.04 Å². The van der Waals surface area contributed by atoms with Gasteiger partial charge in [-0.3, -0.25) is 14.5 Å². The van der Waals surface area contributed by atoms with Crippen LogP contribution < -0.4 is 5.32 Å². The highest BCUT2D eigenvalue weighted by Gasteiger charge is 2.42. The zero-order valence-electron chi connectivity index (χ0n) is 11.7. The van der Waals surface area contributed by atoms with Crippen molar-refractivity contribution >= 4 is 35.5 Å². The molecule has 4 amide bonds. The molecule has 0 aliphatic carbocycles. The quantitative estimate of drug-likeness (QED) is 0.670. The fourth-order valence-corrected chi connectivity index (χ4v) is 2.68. The first kappa shape index (κ1) is 14.6. The van der Waals surface area contributed by atoms with Gasteiger partial charge in [0, 0.05) is 24.2 Å². The Bertz CT molecular complexity index is 652. The smallest absolute Gasteiger partial charge is 0.324 e. The van der Waals surface area contributed by atoms with Crippen molar-refractivity contribution in [1.82, 2.24) is 15.1 Å². The summed E-state index contributed by atoms with van der Waals surface area (Å²) in [5, 5.41) is 3.05. The number of carbonyl (C=O) groups is 3. The highest BCUT2D eigenvalue weighted by Crippen LogP contribution is 2.20. The number of hydrogen-bond donors (Lipinski definition) is 1. The molecule has 1 aromatic carbocycles. The van der Waals surface area contributed by atoms with Crippen LogP contribution in [0.25, 0.3) is 6.08 Å². The number of amides is 4. The Morgan fingerprint density at radius 3 is 2.64 bits per heavy atom. The average Bonchev–Trinajstić information content (AvgIpc) is 2.77. The van der Waals surface area contributed by atoms with Crippen molar-refractivity contribution in [3.8, 4) is 0 Å². The van der Waals surface area contributed by atoms with Crippen molar-refractivity contribution in [3.05, 3.63) is 40.9 Å². The van der Waals surface area contributed by atoms with E-state index in [-0.39, 0.29) is 30.4 Å². The Hall–Kier alpha value is -2.34. The van der Waals surface area contributed by atoms with Crippen LogP contribution in [-0.2, 0) is 9.59 Å². The molecule has 0 aromatic heterocycles. The maximum atomic E-state index is 12.0. The van der Waals surface area contributed by atoms with Crippen molar-refractivity contribution in [2.24, 2.45) is 0 Å². The first-order chi connectivity index (χ1) is 10.6. The fraction of sp³-hybridized carbons (Fsp3) is 0.267. The van der Waals surface area contributed by atoms with Crippen LogP contribution in [0.4, 0.5) is 4.79 Å². The molecule has 2 heterocycles. The number of halogens is 1. The van der Waals surface area contributed by atoms with Crippen LogP contribution >= 0.6 is 11.6 Å². The third-order valence-corrected chi connectivity index (χ3v) is 4.07. The first-order valence-electron chi connectivity index (χ1n) is 6.87. The van der Waals surface area contributed by atoms with E-state index in [0.29, 0.717) is 18.1 Å². The number of nitrogens with zero attached hydrogens (tertiary/aromatic N) is 2. The Kier molecular flexibility index (Phi) is 3.85. The zero-order chi connectivity index (χ0) is 15.7. The van der Waals surface area contributed by atoms with Crippen LogP contribution in [0.2, 0.25) is 5.02 Å². The highest BCUT2D eigenvalue weighted by molar-refractivity contribution is 6.32. The molecule has 0 unspecified atom stereocenters. The maximum Gasteiger partial charge on any atom is 0.324 e. The van der Waals surface area contributed by atoms with Gasteiger partial charge >= 0.3 is 6.03 Å². The van der Waals surface area contributed by atoms with Gasteiger partial charge in [-0.15, -0.1) is 0 Å². The molecule has 114 valence electrons. The van der Waals surface area contributed by atoms with E-state index < -0.39 is 0 Å². The number of hydrogen-bond acceptors (Lipinski definition) is 3. The Labute approximate surface area is 132 Å². The monoisotopic (exact) mass is 319 g/mol. The molecule has 2 aliphatic heterocycles. The predicted molar refractivity (Wildman–Crippen MR) is 81.1 cm³/mol. The molecule has 0 saturated carbocycles. The van der Waals surface area contributed by atoms with Crippen LogP contribution in [-0.4, -0.2) is 53.3 Å². The van der Waals surface area contributed by atoms with Crippen molar-refractivity contribution < 1.29 is 14.4 Å². The molecule has 0 atom stereocenters. The van der Waals surface area contributed by atoms with Crippen LogP contribution in [0.1, 0.15) is 5.56 Å². The molecule has 22 heavy (non-hydrogen) atoms. The summed E-state index contributed by atoms with van der Waals surface area (Å²) in [7, 11) is 0. The molecular formula is C15H14ClN3O3. The van der Waals surface area contributed by atoms with Crippen LogP contribution in [0.3, 0.4) is 0 Å². The van der Waals surface area contributed by atoms with Gasteiger partial charge in [0.1, 0.15) is 0 Å². The van der Waals surface area contributed by atoms with E-state index in [4.69, 9.17) is 11.6 Å². The summed E-state index contributed by atoms with van der Waals surface area (Å²) in [5.74, 6) is -0.406. The lowest BCUT2D eigenvalue weighted by atomic mass is 10.1. The molecule has 0 spiro atoms. The van der Waals surface area contributed by atoms with E-state index in [0.717, 1.165) is 5.56 Å². The molecule has 0 bridgehead atoms. The van der Waals surface area contributed by atoms with E-state index in [1.165, 1.54) is 11.0 Å². The minimum atomic E-state index is -0.381. The van der Waals surface area contributed by atoms with E-state index in [1.54, 1.807) is 17.0 Å². The second-order valence-corrected chi connectivity index (χ2v) is 5.58.